The highest BCUT2D eigenvalue weighted by molar-refractivity contribution is 7.90. The van der Waals surface area contributed by atoms with Crippen LogP contribution in [0.3, 0.4) is 0 Å². The lowest BCUT2D eigenvalue weighted by Crippen LogP contribution is -2.27. The Morgan fingerprint density at radius 2 is 2.06 bits per heavy atom. The summed E-state index contributed by atoms with van der Waals surface area (Å²) in [7, 11) is -3.08. The zero-order valence-electron chi connectivity index (χ0n) is 9.44. The molecule has 2 N–H and O–H groups in total. The summed E-state index contributed by atoms with van der Waals surface area (Å²) in [5.41, 5.74) is 0. The second-order valence-corrected chi connectivity index (χ2v) is 5.68. The standard InChI is InChI=1S/C9H19NO5S/c1-16(13,14)8-3-9(12)10-4-2-6-15-7-5-11/h11H,2-8H2,1H3,(H,10,12). The predicted octanol–water partition coefficient (Wildman–Crippen LogP) is -1.06. The second-order valence-electron chi connectivity index (χ2n) is 3.42. The molecule has 16 heavy (non-hydrogen) atoms. The van der Waals surface area contributed by atoms with Crippen LogP contribution in [0.15, 0.2) is 0 Å². The molecule has 0 aliphatic rings. The van der Waals surface area contributed by atoms with Crippen molar-refractivity contribution in [2.75, 3.05) is 38.4 Å². The minimum atomic E-state index is -3.08. The Hall–Kier alpha value is -0.660. The van der Waals surface area contributed by atoms with Crippen LogP contribution in [0.5, 0.6) is 0 Å². The molecule has 0 radical (unpaired) electrons. The predicted molar refractivity (Wildman–Crippen MR) is 59.9 cm³/mol. The van der Waals surface area contributed by atoms with Gasteiger partial charge in [0.25, 0.3) is 0 Å². The fourth-order valence-electron chi connectivity index (χ4n) is 0.935. The van der Waals surface area contributed by atoms with Gasteiger partial charge in [-0.3, -0.25) is 4.79 Å². The van der Waals surface area contributed by atoms with Gasteiger partial charge >= 0.3 is 0 Å². The molecule has 0 unspecified atom stereocenters. The van der Waals surface area contributed by atoms with Crippen molar-refractivity contribution in [3.63, 3.8) is 0 Å². The first kappa shape index (κ1) is 15.3. The van der Waals surface area contributed by atoms with Crippen molar-refractivity contribution < 1.29 is 23.1 Å². The van der Waals surface area contributed by atoms with Gasteiger partial charge in [-0.2, -0.15) is 0 Å². The fourth-order valence-corrected chi connectivity index (χ4v) is 1.49. The van der Waals surface area contributed by atoms with Crippen LogP contribution < -0.4 is 5.32 Å². The Balaban J connectivity index is 3.38. The van der Waals surface area contributed by atoms with E-state index in [-0.39, 0.29) is 24.7 Å². The van der Waals surface area contributed by atoms with E-state index in [0.717, 1.165) is 6.26 Å². The summed E-state index contributed by atoms with van der Waals surface area (Å²) in [6, 6.07) is 0. The molecule has 0 saturated carbocycles. The average Bonchev–Trinajstić information content (AvgIpc) is 2.19. The lowest BCUT2D eigenvalue weighted by Gasteiger charge is -2.05. The first-order valence-electron chi connectivity index (χ1n) is 5.09. The zero-order valence-corrected chi connectivity index (χ0v) is 10.3. The lowest BCUT2D eigenvalue weighted by molar-refractivity contribution is -0.120. The van der Waals surface area contributed by atoms with Crippen molar-refractivity contribution in [1.29, 1.82) is 0 Å². The van der Waals surface area contributed by atoms with Gasteiger partial charge in [0.2, 0.25) is 5.91 Å². The number of rotatable bonds is 9. The number of carbonyl (C=O) groups is 1. The first-order valence-corrected chi connectivity index (χ1v) is 7.15. The van der Waals surface area contributed by atoms with Gasteiger partial charge in [-0.1, -0.05) is 0 Å². The Morgan fingerprint density at radius 1 is 1.38 bits per heavy atom. The van der Waals surface area contributed by atoms with Gasteiger partial charge < -0.3 is 15.2 Å². The van der Waals surface area contributed by atoms with Gasteiger partial charge in [0.15, 0.2) is 0 Å². The van der Waals surface area contributed by atoms with E-state index in [1.807, 2.05) is 0 Å². The van der Waals surface area contributed by atoms with Crippen molar-refractivity contribution >= 4 is 15.7 Å². The van der Waals surface area contributed by atoms with Crippen LogP contribution in [0, 0.1) is 0 Å². The minimum Gasteiger partial charge on any atom is -0.394 e. The van der Waals surface area contributed by atoms with E-state index in [2.05, 4.69) is 5.32 Å². The van der Waals surface area contributed by atoms with Crippen molar-refractivity contribution in [2.45, 2.75) is 12.8 Å². The van der Waals surface area contributed by atoms with Crippen LogP contribution in [0.2, 0.25) is 0 Å². The van der Waals surface area contributed by atoms with E-state index in [0.29, 0.717) is 26.2 Å². The van der Waals surface area contributed by atoms with E-state index < -0.39 is 9.84 Å². The average molecular weight is 253 g/mol. The van der Waals surface area contributed by atoms with Crippen LogP contribution in [0.4, 0.5) is 0 Å². The number of hydrogen-bond acceptors (Lipinski definition) is 5. The molecule has 0 rings (SSSR count). The maximum Gasteiger partial charge on any atom is 0.221 e. The highest BCUT2D eigenvalue weighted by Gasteiger charge is 2.06. The molecule has 0 fully saturated rings. The second kappa shape index (κ2) is 8.49. The number of aliphatic hydroxyl groups is 1. The van der Waals surface area contributed by atoms with Crippen molar-refractivity contribution in [1.82, 2.24) is 5.32 Å². The van der Waals surface area contributed by atoms with E-state index in [1.165, 1.54) is 0 Å². The molecule has 0 saturated heterocycles. The maximum atomic E-state index is 11.1. The van der Waals surface area contributed by atoms with Crippen LogP contribution in [0.1, 0.15) is 12.8 Å². The summed E-state index contributed by atoms with van der Waals surface area (Å²) in [5, 5.41) is 11.0. The highest BCUT2D eigenvalue weighted by Crippen LogP contribution is 1.89. The molecule has 0 aliphatic heterocycles. The van der Waals surface area contributed by atoms with E-state index in [1.54, 1.807) is 0 Å². The van der Waals surface area contributed by atoms with Gasteiger partial charge in [0.1, 0.15) is 9.84 Å². The number of aliphatic hydroxyl groups excluding tert-OH is 1. The molecule has 0 aliphatic carbocycles. The van der Waals surface area contributed by atoms with Gasteiger partial charge in [-0.25, -0.2) is 8.42 Å². The minimum absolute atomic E-state index is 0.00364. The normalized spacial score (nSPS) is 11.4. The van der Waals surface area contributed by atoms with Gasteiger partial charge in [0.05, 0.1) is 19.0 Å². The van der Waals surface area contributed by atoms with Crippen LogP contribution >= 0.6 is 0 Å². The fraction of sp³-hybridized carbons (Fsp3) is 0.889. The lowest BCUT2D eigenvalue weighted by atomic mass is 10.4. The van der Waals surface area contributed by atoms with Gasteiger partial charge in [-0.05, 0) is 6.42 Å². The highest BCUT2D eigenvalue weighted by atomic mass is 32.2. The van der Waals surface area contributed by atoms with Crippen molar-refractivity contribution in [3.05, 3.63) is 0 Å². The summed E-state index contributed by atoms with van der Waals surface area (Å²) in [4.78, 5) is 11.1. The Labute approximate surface area is 95.9 Å². The number of sulfone groups is 1. The zero-order chi connectivity index (χ0) is 12.4. The number of ether oxygens (including phenoxy) is 1. The summed E-state index contributed by atoms with van der Waals surface area (Å²) in [6.45, 7) is 1.20. The third kappa shape index (κ3) is 11.4. The van der Waals surface area contributed by atoms with Crippen LogP contribution in [-0.4, -0.2) is 57.8 Å². The van der Waals surface area contributed by atoms with Gasteiger partial charge in [0, 0.05) is 25.8 Å². The molecule has 96 valence electrons. The molecule has 6 nitrogen and oxygen atoms in total. The Morgan fingerprint density at radius 3 is 2.62 bits per heavy atom. The van der Waals surface area contributed by atoms with Crippen LogP contribution in [0.25, 0.3) is 0 Å². The van der Waals surface area contributed by atoms with E-state index >= 15 is 0 Å². The number of hydrogen-bond donors (Lipinski definition) is 2. The molecular weight excluding hydrogens is 234 g/mol. The first-order chi connectivity index (χ1) is 7.45. The molecule has 1 amide bonds. The number of amides is 1. The molecule has 0 spiro atoms. The van der Waals surface area contributed by atoms with E-state index in [9.17, 15) is 13.2 Å². The Kier molecular flexibility index (Phi) is 8.14. The van der Waals surface area contributed by atoms with Crippen LogP contribution in [-0.2, 0) is 19.4 Å². The largest absolute Gasteiger partial charge is 0.394 e. The smallest absolute Gasteiger partial charge is 0.221 e. The number of nitrogens with one attached hydrogen (secondary N) is 1. The third-order valence-electron chi connectivity index (χ3n) is 1.72. The van der Waals surface area contributed by atoms with Gasteiger partial charge in [-0.15, -0.1) is 0 Å². The van der Waals surface area contributed by atoms with E-state index in [4.69, 9.17) is 9.84 Å². The molecule has 0 heterocycles. The molecule has 0 bridgehead atoms. The summed E-state index contributed by atoms with van der Waals surface area (Å²) >= 11 is 0. The SMILES string of the molecule is CS(=O)(=O)CCC(=O)NCCCOCCO. The summed E-state index contributed by atoms with van der Waals surface area (Å²) in [6.07, 6.45) is 1.74. The van der Waals surface area contributed by atoms with Crippen molar-refractivity contribution in [2.24, 2.45) is 0 Å². The monoisotopic (exact) mass is 253 g/mol. The topological polar surface area (TPSA) is 92.7 Å². The molecule has 0 aromatic rings. The van der Waals surface area contributed by atoms with Crippen molar-refractivity contribution in [3.8, 4) is 0 Å². The molecule has 0 atom stereocenters. The summed E-state index contributed by atoms with van der Waals surface area (Å²) < 4.78 is 26.5. The Bertz CT molecular complexity index is 288. The molecule has 7 heteroatoms. The number of carbonyl (C=O) groups excluding carboxylic acids is 1. The quantitative estimate of drug-likeness (QED) is 0.511. The molecule has 0 aromatic heterocycles. The third-order valence-corrected chi connectivity index (χ3v) is 2.67. The summed E-state index contributed by atoms with van der Waals surface area (Å²) in [5.74, 6) is -0.396. The molecule has 0 aromatic carbocycles. The maximum absolute atomic E-state index is 11.1. The molecular formula is C9H19NO5S.